The molecular weight excluding hydrogens is 412 g/mol. The van der Waals surface area contributed by atoms with E-state index < -0.39 is 5.25 Å². The standard InChI is InChI=1S/C17H14Cl2FN5OS/c1-9(16(26)22-14-8-11(18)4-7-13(14)19)27-17-24-23-15(25(17)21)10-2-5-12(20)6-3-10/h2-9H,21H2,1H3,(H,22,26). The van der Waals surface area contributed by atoms with Crippen LogP contribution in [0.1, 0.15) is 6.92 Å². The van der Waals surface area contributed by atoms with Crippen LogP contribution in [0.2, 0.25) is 10.0 Å². The topological polar surface area (TPSA) is 85.8 Å². The van der Waals surface area contributed by atoms with Gasteiger partial charge in [0.05, 0.1) is 16.0 Å². The summed E-state index contributed by atoms with van der Waals surface area (Å²) in [6.07, 6.45) is 0. The van der Waals surface area contributed by atoms with Gasteiger partial charge in [0.1, 0.15) is 5.82 Å². The molecule has 0 bridgehead atoms. The Bertz CT molecular complexity index is 980. The summed E-state index contributed by atoms with van der Waals surface area (Å²) in [5.74, 6) is 5.73. The number of anilines is 1. The van der Waals surface area contributed by atoms with E-state index in [-0.39, 0.29) is 11.7 Å². The highest BCUT2D eigenvalue weighted by atomic mass is 35.5. The molecule has 10 heteroatoms. The maximum Gasteiger partial charge on any atom is 0.237 e. The molecule has 1 heterocycles. The lowest BCUT2D eigenvalue weighted by Gasteiger charge is -2.12. The van der Waals surface area contributed by atoms with Crippen molar-refractivity contribution in [3.8, 4) is 11.4 Å². The number of rotatable bonds is 5. The summed E-state index contributed by atoms with van der Waals surface area (Å²) in [6.45, 7) is 1.70. The third-order valence-corrected chi connectivity index (χ3v) is 5.23. The van der Waals surface area contributed by atoms with Crippen LogP contribution in [-0.2, 0) is 4.79 Å². The number of nitrogens with one attached hydrogen (secondary N) is 1. The molecule has 1 atom stereocenters. The average Bonchev–Trinajstić information content (AvgIpc) is 2.99. The first-order chi connectivity index (χ1) is 12.8. The van der Waals surface area contributed by atoms with Crippen molar-refractivity contribution in [3.05, 3.63) is 58.3 Å². The van der Waals surface area contributed by atoms with Crippen LogP contribution in [0.3, 0.4) is 0 Å². The third kappa shape index (κ3) is 4.52. The van der Waals surface area contributed by atoms with E-state index in [1.165, 1.54) is 16.8 Å². The number of nitrogens with two attached hydrogens (primary N) is 1. The molecule has 0 aliphatic rings. The fraction of sp³-hybridized carbons (Fsp3) is 0.118. The number of carbonyl (C=O) groups excluding carboxylic acids is 1. The van der Waals surface area contributed by atoms with E-state index in [1.807, 2.05) is 0 Å². The van der Waals surface area contributed by atoms with E-state index in [9.17, 15) is 9.18 Å². The van der Waals surface area contributed by atoms with Gasteiger partial charge in [-0.3, -0.25) is 4.79 Å². The van der Waals surface area contributed by atoms with Crippen LogP contribution in [0.25, 0.3) is 11.4 Å². The number of nitrogens with zero attached hydrogens (tertiary/aromatic N) is 3. The number of nitrogen functional groups attached to an aromatic ring is 1. The van der Waals surface area contributed by atoms with E-state index in [0.717, 1.165) is 11.8 Å². The fourth-order valence-corrected chi connectivity index (χ4v) is 3.30. The van der Waals surface area contributed by atoms with Crippen LogP contribution in [0.4, 0.5) is 10.1 Å². The Kier molecular flexibility index (Phi) is 5.88. The Morgan fingerprint density at radius 2 is 1.93 bits per heavy atom. The summed E-state index contributed by atoms with van der Waals surface area (Å²) in [5, 5.41) is 11.4. The molecule has 2 aromatic carbocycles. The molecule has 0 fully saturated rings. The van der Waals surface area contributed by atoms with Gasteiger partial charge in [-0.15, -0.1) is 10.2 Å². The lowest BCUT2D eigenvalue weighted by atomic mass is 10.2. The Morgan fingerprint density at radius 3 is 2.63 bits per heavy atom. The highest BCUT2D eigenvalue weighted by Crippen LogP contribution is 2.28. The molecule has 0 saturated heterocycles. The Hall–Kier alpha value is -2.29. The predicted molar refractivity (Wildman–Crippen MR) is 106 cm³/mol. The summed E-state index contributed by atoms with van der Waals surface area (Å²) in [5.41, 5.74) is 1.03. The highest BCUT2D eigenvalue weighted by molar-refractivity contribution is 8.00. The van der Waals surface area contributed by atoms with Crippen LogP contribution in [0, 0.1) is 5.82 Å². The van der Waals surface area contributed by atoms with Crippen molar-refractivity contribution in [3.63, 3.8) is 0 Å². The molecule has 0 saturated carbocycles. The zero-order chi connectivity index (χ0) is 19.6. The Morgan fingerprint density at radius 1 is 1.22 bits per heavy atom. The molecule has 0 aliphatic carbocycles. The van der Waals surface area contributed by atoms with Crippen LogP contribution in [0.5, 0.6) is 0 Å². The molecule has 0 radical (unpaired) electrons. The molecule has 140 valence electrons. The van der Waals surface area contributed by atoms with Crippen molar-refractivity contribution in [2.45, 2.75) is 17.3 Å². The summed E-state index contributed by atoms with van der Waals surface area (Å²) in [4.78, 5) is 12.4. The SMILES string of the molecule is CC(Sc1nnc(-c2ccc(F)cc2)n1N)C(=O)Nc1cc(Cl)ccc1Cl. The van der Waals surface area contributed by atoms with Gasteiger partial charge in [-0.2, -0.15) is 0 Å². The van der Waals surface area contributed by atoms with Gasteiger partial charge in [-0.05, 0) is 49.4 Å². The summed E-state index contributed by atoms with van der Waals surface area (Å²) < 4.78 is 14.3. The second-order valence-corrected chi connectivity index (χ2v) is 7.71. The minimum Gasteiger partial charge on any atom is -0.335 e. The molecule has 3 aromatic rings. The lowest BCUT2D eigenvalue weighted by Crippen LogP contribution is -2.23. The largest absolute Gasteiger partial charge is 0.335 e. The molecular formula is C17H14Cl2FN5OS. The second kappa shape index (κ2) is 8.16. The summed E-state index contributed by atoms with van der Waals surface area (Å²) in [6, 6.07) is 10.5. The molecule has 1 amide bonds. The molecule has 1 unspecified atom stereocenters. The van der Waals surface area contributed by atoms with E-state index in [1.54, 1.807) is 37.3 Å². The number of hydrogen-bond donors (Lipinski definition) is 2. The average molecular weight is 426 g/mol. The van der Waals surface area contributed by atoms with Gasteiger partial charge in [-0.25, -0.2) is 9.07 Å². The number of halogens is 3. The van der Waals surface area contributed by atoms with E-state index in [2.05, 4.69) is 15.5 Å². The first-order valence-corrected chi connectivity index (χ1v) is 9.37. The zero-order valence-corrected chi connectivity index (χ0v) is 16.3. The van der Waals surface area contributed by atoms with Gasteiger partial charge in [0.25, 0.3) is 0 Å². The normalized spacial score (nSPS) is 12.0. The van der Waals surface area contributed by atoms with Crippen molar-refractivity contribution >= 4 is 46.6 Å². The summed E-state index contributed by atoms with van der Waals surface area (Å²) in [7, 11) is 0. The monoisotopic (exact) mass is 425 g/mol. The van der Waals surface area contributed by atoms with E-state index in [4.69, 9.17) is 29.0 Å². The third-order valence-electron chi connectivity index (χ3n) is 3.60. The first kappa shape index (κ1) is 19.5. The smallest absolute Gasteiger partial charge is 0.237 e. The second-order valence-electron chi connectivity index (χ2n) is 5.56. The number of aromatic nitrogens is 3. The van der Waals surface area contributed by atoms with E-state index in [0.29, 0.717) is 32.3 Å². The molecule has 6 nitrogen and oxygen atoms in total. The van der Waals surface area contributed by atoms with Gasteiger partial charge in [-0.1, -0.05) is 35.0 Å². The van der Waals surface area contributed by atoms with Crippen LogP contribution < -0.4 is 11.2 Å². The molecule has 1 aromatic heterocycles. The number of carbonyl (C=O) groups is 1. The van der Waals surface area contributed by atoms with Crippen LogP contribution in [-0.4, -0.2) is 26.0 Å². The molecule has 3 N–H and O–H groups in total. The quantitative estimate of drug-likeness (QED) is 0.471. The van der Waals surface area contributed by atoms with Crippen LogP contribution >= 0.6 is 35.0 Å². The first-order valence-electron chi connectivity index (χ1n) is 7.74. The van der Waals surface area contributed by atoms with Gasteiger partial charge in [0.2, 0.25) is 11.1 Å². The highest BCUT2D eigenvalue weighted by Gasteiger charge is 2.20. The van der Waals surface area contributed by atoms with Crippen molar-refractivity contribution in [1.82, 2.24) is 14.9 Å². The van der Waals surface area contributed by atoms with Crippen molar-refractivity contribution in [2.75, 3.05) is 11.2 Å². The van der Waals surface area contributed by atoms with Gasteiger partial charge >= 0.3 is 0 Å². The number of hydrogen-bond acceptors (Lipinski definition) is 5. The van der Waals surface area contributed by atoms with Gasteiger partial charge in [0, 0.05) is 10.6 Å². The maximum atomic E-state index is 13.1. The molecule has 0 spiro atoms. The Labute approximate surface area is 168 Å². The molecule has 0 aliphatic heterocycles. The van der Waals surface area contributed by atoms with Gasteiger partial charge in [0.15, 0.2) is 5.82 Å². The van der Waals surface area contributed by atoms with Crippen molar-refractivity contribution < 1.29 is 9.18 Å². The van der Waals surface area contributed by atoms with Crippen LogP contribution in [0.15, 0.2) is 47.6 Å². The predicted octanol–water partition coefficient (Wildman–Crippen LogP) is 4.22. The number of amides is 1. The lowest BCUT2D eigenvalue weighted by molar-refractivity contribution is -0.115. The molecule has 27 heavy (non-hydrogen) atoms. The number of benzene rings is 2. The van der Waals surface area contributed by atoms with Crippen molar-refractivity contribution in [1.29, 1.82) is 0 Å². The van der Waals surface area contributed by atoms with Crippen molar-refractivity contribution in [2.24, 2.45) is 0 Å². The zero-order valence-electron chi connectivity index (χ0n) is 14.0. The summed E-state index contributed by atoms with van der Waals surface area (Å²) >= 11 is 13.1. The Balaban J connectivity index is 1.72. The maximum absolute atomic E-state index is 13.1. The van der Waals surface area contributed by atoms with E-state index >= 15 is 0 Å². The fourth-order valence-electron chi connectivity index (χ4n) is 2.19. The minimum absolute atomic E-state index is 0.296. The molecule has 3 rings (SSSR count). The minimum atomic E-state index is -0.535. The van der Waals surface area contributed by atoms with Gasteiger partial charge < -0.3 is 11.2 Å². The number of thioether (sulfide) groups is 1.